The molecule has 0 spiro atoms. The lowest BCUT2D eigenvalue weighted by Crippen LogP contribution is -2.31. The number of nitrogens with one attached hydrogen (secondary N) is 1. The Kier molecular flexibility index (Phi) is 4.53. The van der Waals surface area contributed by atoms with E-state index in [4.69, 9.17) is 0 Å². The maximum atomic E-state index is 12.3. The van der Waals surface area contributed by atoms with Crippen LogP contribution in [0.1, 0.15) is 38.4 Å². The summed E-state index contributed by atoms with van der Waals surface area (Å²) >= 11 is 1.72. The largest absolute Gasteiger partial charge is 0.390 e. The highest BCUT2D eigenvalue weighted by Gasteiger charge is 2.42. The molecular formula is C13H22N2O3S2. The van der Waals surface area contributed by atoms with Crippen molar-refractivity contribution in [1.82, 2.24) is 9.29 Å². The molecule has 1 aromatic heterocycles. The van der Waals surface area contributed by atoms with Crippen molar-refractivity contribution in [3.05, 3.63) is 18.0 Å². The third-order valence-electron chi connectivity index (χ3n) is 3.76. The van der Waals surface area contributed by atoms with Gasteiger partial charge in [-0.1, -0.05) is 0 Å². The van der Waals surface area contributed by atoms with Crippen LogP contribution in [0.3, 0.4) is 0 Å². The quantitative estimate of drug-likeness (QED) is 0.803. The lowest BCUT2D eigenvalue weighted by molar-refractivity contribution is 0.268. The van der Waals surface area contributed by atoms with Crippen molar-refractivity contribution in [2.45, 2.75) is 49.0 Å². The summed E-state index contributed by atoms with van der Waals surface area (Å²) in [4.78, 5) is 0.229. The summed E-state index contributed by atoms with van der Waals surface area (Å²) in [6, 6.07) is 1.66. The van der Waals surface area contributed by atoms with Gasteiger partial charge in [0.25, 0.3) is 0 Å². The van der Waals surface area contributed by atoms with Crippen molar-refractivity contribution in [1.29, 1.82) is 0 Å². The molecule has 2 rings (SSSR count). The zero-order valence-electron chi connectivity index (χ0n) is 12.1. The van der Waals surface area contributed by atoms with Crippen LogP contribution in [0.5, 0.6) is 0 Å². The number of hydrogen-bond donors (Lipinski definition) is 2. The van der Waals surface area contributed by atoms with E-state index in [0.717, 1.165) is 12.8 Å². The summed E-state index contributed by atoms with van der Waals surface area (Å²) in [7, 11) is -3.50. The number of aromatic nitrogens is 1. The predicted molar refractivity (Wildman–Crippen MR) is 81.4 cm³/mol. The van der Waals surface area contributed by atoms with E-state index in [1.54, 1.807) is 28.6 Å². The Balaban J connectivity index is 2.17. The number of sulfonamides is 1. The lowest BCUT2D eigenvalue weighted by Gasteiger charge is -2.13. The second-order valence-electron chi connectivity index (χ2n) is 5.54. The molecule has 0 aromatic carbocycles. The van der Waals surface area contributed by atoms with Gasteiger partial charge in [-0.3, -0.25) is 0 Å². The number of thioether (sulfide) groups is 1. The van der Waals surface area contributed by atoms with E-state index in [1.165, 1.54) is 0 Å². The van der Waals surface area contributed by atoms with Crippen molar-refractivity contribution in [2.75, 3.05) is 12.8 Å². The molecule has 1 aliphatic carbocycles. The van der Waals surface area contributed by atoms with Gasteiger partial charge in [-0.2, -0.15) is 11.8 Å². The van der Waals surface area contributed by atoms with Crippen LogP contribution >= 0.6 is 11.8 Å². The summed E-state index contributed by atoms with van der Waals surface area (Å²) in [5.74, 6) is 0. The maximum absolute atomic E-state index is 12.3. The van der Waals surface area contributed by atoms with Gasteiger partial charge >= 0.3 is 0 Å². The number of rotatable bonds is 7. The van der Waals surface area contributed by atoms with E-state index in [2.05, 4.69) is 4.72 Å². The topological polar surface area (TPSA) is 71.3 Å². The Bertz CT molecular complexity index is 574. The monoisotopic (exact) mass is 318 g/mol. The highest BCUT2D eigenvalue weighted by atomic mass is 32.2. The lowest BCUT2D eigenvalue weighted by atomic mass is 10.3. The van der Waals surface area contributed by atoms with Gasteiger partial charge in [-0.05, 0) is 39.0 Å². The molecule has 1 saturated carbocycles. The molecule has 5 nitrogen and oxygen atoms in total. The first-order chi connectivity index (χ1) is 9.33. The second-order valence-corrected chi connectivity index (χ2v) is 8.58. The fourth-order valence-corrected chi connectivity index (χ4v) is 4.15. The van der Waals surface area contributed by atoms with E-state index in [0.29, 0.717) is 12.2 Å². The molecule has 1 aliphatic rings. The van der Waals surface area contributed by atoms with Gasteiger partial charge in [0, 0.05) is 29.2 Å². The zero-order chi connectivity index (χ0) is 15.0. The zero-order valence-corrected chi connectivity index (χ0v) is 13.7. The summed E-state index contributed by atoms with van der Waals surface area (Å²) in [5, 5.41) is 9.31. The number of aliphatic hydroxyl groups excluding tert-OH is 1. The first-order valence-corrected chi connectivity index (χ1v) is 9.41. The van der Waals surface area contributed by atoms with E-state index >= 15 is 0 Å². The van der Waals surface area contributed by atoms with Crippen LogP contribution < -0.4 is 4.72 Å². The molecule has 1 fully saturated rings. The van der Waals surface area contributed by atoms with Crippen molar-refractivity contribution in [3.63, 3.8) is 0 Å². The van der Waals surface area contributed by atoms with Crippen LogP contribution in [0.2, 0.25) is 0 Å². The fourth-order valence-electron chi connectivity index (χ4n) is 2.15. The SMILES string of the molecule is CSC1(CNS(=O)(=O)c2cc(CO)n(C(C)C)c2)CC1. The van der Waals surface area contributed by atoms with Crippen LogP contribution in [0, 0.1) is 0 Å². The van der Waals surface area contributed by atoms with Crippen LogP contribution in [0.4, 0.5) is 0 Å². The molecule has 20 heavy (non-hydrogen) atoms. The summed E-state index contributed by atoms with van der Waals surface area (Å²) in [5.41, 5.74) is 0.617. The van der Waals surface area contributed by atoms with Gasteiger partial charge < -0.3 is 9.67 Å². The Hall–Kier alpha value is -0.500. The Labute approximate surface area is 124 Å². The maximum Gasteiger partial charge on any atom is 0.242 e. The minimum Gasteiger partial charge on any atom is -0.390 e. The molecule has 0 unspecified atom stereocenters. The first kappa shape index (κ1) is 15.9. The molecule has 0 amide bonds. The minimum atomic E-state index is -3.50. The highest BCUT2D eigenvalue weighted by Crippen LogP contribution is 2.46. The van der Waals surface area contributed by atoms with Crippen LogP contribution in [0.25, 0.3) is 0 Å². The predicted octanol–water partition coefficient (Wildman–Crippen LogP) is 1.74. The van der Waals surface area contributed by atoms with Crippen molar-refractivity contribution in [3.8, 4) is 0 Å². The van der Waals surface area contributed by atoms with Gasteiger partial charge in [0.1, 0.15) is 0 Å². The number of hydrogen-bond acceptors (Lipinski definition) is 4. The first-order valence-electron chi connectivity index (χ1n) is 6.70. The van der Waals surface area contributed by atoms with Crippen LogP contribution in [0.15, 0.2) is 17.2 Å². The summed E-state index contributed by atoms with van der Waals surface area (Å²) in [6.07, 6.45) is 5.73. The van der Waals surface area contributed by atoms with Gasteiger partial charge in [-0.25, -0.2) is 13.1 Å². The fraction of sp³-hybridized carbons (Fsp3) is 0.692. The summed E-state index contributed by atoms with van der Waals surface area (Å²) in [6.45, 7) is 4.21. The minimum absolute atomic E-state index is 0.0908. The third kappa shape index (κ3) is 3.21. The third-order valence-corrected chi connectivity index (χ3v) is 6.55. The van der Waals surface area contributed by atoms with Crippen LogP contribution in [-0.2, 0) is 16.6 Å². The van der Waals surface area contributed by atoms with Gasteiger partial charge in [0.2, 0.25) is 10.0 Å². The van der Waals surface area contributed by atoms with E-state index in [9.17, 15) is 13.5 Å². The normalized spacial score (nSPS) is 17.6. The van der Waals surface area contributed by atoms with Crippen LogP contribution in [-0.4, -0.2) is 35.6 Å². The molecule has 0 saturated heterocycles. The molecule has 0 aliphatic heterocycles. The molecule has 1 aromatic rings. The van der Waals surface area contributed by atoms with Gasteiger partial charge in [0.05, 0.1) is 11.5 Å². The molecule has 1 heterocycles. The summed E-state index contributed by atoms with van der Waals surface area (Å²) < 4.78 is 29.2. The van der Waals surface area contributed by atoms with Crippen molar-refractivity contribution < 1.29 is 13.5 Å². The molecule has 0 radical (unpaired) electrons. The van der Waals surface area contributed by atoms with E-state index in [1.807, 2.05) is 20.1 Å². The average Bonchev–Trinajstić information content (AvgIpc) is 3.05. The van der Waals surface area contributed by atoms with E-state index < -0.39 is 10.0 Å². The average molecular weight is 318 g/mol. The van der Waals surface area contributed by atoms with Crippen molar-refractivity contribution in [2.24, 2.45) is 0 Å². The standard InChI is InChI=1S/C13H22N2O3S2/c1-10(2)15-7-12(6-11(15)8-16)20(17,18)14-9-13(19-3)4-5-13/h6-7,10,14,16H,4-5,8-9H2,1-3H3. The molecule has 114 valence electrons. The Morgan fingerprint density at radius 3 is 2.55 bits per heavy atom. The Morgan fingerprint density at radius 2 is 2.15 bits per heavy atom. The smallest absolute Gasteiger partial charge is 0.242 e. The highest BCUT2D eigenvalue weighted by molar-refractivity contribution is 8.00. The molecular weight excluding hydrogens is 296 g/mol. The second kappa shape index (κ2) is 5.71. The number of aliphatic hydroxyl groups is 1. The molecule has 2 N–H and O–H groups in total. The number of nitrogens with zero attached hydrogens (tertiary/aromatic N) is 1. The Morgan fingerprint density at radius 1 is 1.50 bits per heavy atom. The van der Waals surface area contributed by atoms with Crippen molar-refractivity contribution >= 4 is 21.8 Å². The van der Waals surface area contributed by atoms with E-state index in [-0.39, 0.29) is 22.3 Å². The van der Waals surface area contributed by atoms with Gasteiger partial charge in [-0.15, -0.1) is 0 Å². The molecule has 0 bridgehead atoms. The molecule has 7 heteroatoms. The molecule has 0 atom stereocenters. The van der Waals surface area contributed by atoms with Gasteiger partial charge in [0.15, 0.2) is 0 Å².